The highest BCUT2D eigenvalue weighted by Gasteiger charge is 2.48. The van der Waals surface area contributed by atoms with Crippen LogP contribution >= 0.6 is 0 Å². The van der Waals surface area contributed by atoms with E-state index in [4.69, 9.17) is 0 Å². The molecule has 0 aromatic carbocycles. The Labute approximate surface area is 197 Å². The molecule has 0 aromatic rings. The van der Waals surface area contributed by atoms with Crippen molar-refractivity contribution < 1.29 is 29.7 Å². The van der Waals surface area contributed by atoms with Crippen LogP contribution in [-0.4, -0.2) is 33.0 Å². The molecule has 5 aliphatic carbocycles. The van der Waals surface area contributed by atoms with Crippen LogP contribution < -0.4 is 0 Å². The first kappa shape index (κ1) is 22.1. The van der Waals surface area contributed by atoms with E-state index in [1.165, 1.54) is 0 Å². The number of rotatable bonds is 3. The zero-order valence-corrected chi connectivity index (χ0v) is 19.1. The Balaban J connectivity index is 1.74. The number of carboxylic acids is 2. The van der Waals surface area contributed by atoms with Crippen molar-refractivity contribution in [1.29, 1.82) is 0 Å². The van der Waals surface area contributed by atoms with Crippen LogP contribution in [0.5, 0.6) is 0 Å². The fraction of sp³-hybridized carbons (Fsp3) is 0.321. The van der Waals surface area contributed by atoms with Gasteiger partial charge >= 0.3 is 11.9 Å². The zero-order valence-electron chi connectivity index (χ0n) is 19.1. The quantitative estimate of drug-likeness (QED) is 0.520. The molecular formula is C28H26O6. The fourth-order valence-corrected chi connectivity index (χ4v) is 6.39. The van der Waals surface area contributed by atoms with Gasteiger partial charge in [0.1, 0.15) is 5.76 Å². The van der Waals surface area contributed by atoms with Gasteiger partial charge in [-0.05, 0) is 66.4 Å². The Hall–Kier alpha value is -3.67. The van der Waals surface area contributed by atoms with E-state index in [9.17, 15) is 29.7 Å². The number of hydrogen-bond donors (Lipinski definition) is 3. The topological polar surface area (TPSA) is 112 Å². The highest BCUT2D eigenvalue weighted by atomic mass is 16.4. The second kappa shape index (κ2) is 7.97. The van der Waals surface area contributed by atoms with Gasteiger partial charge in [0.15, 0.2) is 0 Å². The first-order valence-corrected chi connectivity index (χ1v) is 11.7. The van der Waals surface area contributed by atoms with Gasteiger partial charge in [0.05, 0.1) is 16.7 Å². The molecule has 5 aliphatic rings. The molecule has 34 heavy (non-hydrogen) atoms. The van der Waals surface area contributed by atoms with Crippen LogP contribution in [0.4, 0.5) is 0 Å². The molecule has 0 radical (unpaired) electrons. The van der Waals surface area contributed by atoms with E-state index in [2.05, 4.69) is 0 Å². The lowest BCUT2D eigenvalue weighted by Gasteiger charge is -2.28. The minimum absolute atomic E-state index is 0.0962. The van der Waals surface area contributed by atoms with Crippen molar-refractivity contribution in [2.24, 2.45) is 11.8 Å². The molecule has 174 valence electrons. The van der Waals surface area contributed by atoms with Crippen molar-refractivity contribution in [3.63, 3.8) is 0 Å². The third-order valence-corrected chi connectivity index (χ3v) is 7.78. The van der Waals surface area contributed by atoms with E-state index in [1.807, 2.05) is 0 Å². The number of Topliss-reactive ketones (excluding diaryl/α,β-unsaturated/α-hetero) is 1. The maximum atomic E-state index is 13.6. The van der Waals surface area contributed by atoms with Gasteiger partial charge in [-0.2, -0.15) is 0 Å². The summed E-state index contributed by atoms with van der Waals surface area (Å²) in [6.07, 6.45) is 4.47. The number of aliphatic carboxylic acids is 1. The van der Waals surface area contributed by atoms with Crippen LogP contribution in [0.3, 0.4) is 0 Å². The summed E-state index contributed by atoms with van der Waals surface area (Å²) in [5, 5.41) is 31.0. The van der Waals surface area contributed by atoms with Crippen molar-refractivity contribution >= 4 is 23.3 Å². The molecule has 0 heterocycles. The molecule has 6 nitrogen and oxygen atoms in total. The van der Waals surface area contributed by atoms with E-state index in [0.29, 0.717) is 39.0 Å². The Morgan fingerprint density at radius 1 is 0.853 bits per heavy atom. The van der Waals surface area contributed by atoms with Crippen molar-refractivity contribution in [2.75, 3.05) is 0 Å². The number of aromatic carboxylic acids is 1. The highest BCUT2D eigenvalue weighted by Crippen LogP contribution is 2.54. The summed E-state index contributed by atoms with van der Waals surface area (Å²) in [6, 6.07) is 8.76. The molecule has 0 bridgehead atoms. The van der Waals surface area contributed by atoms with Crippen LogP contribution in [0.1, 0.15) is 60.5 Å². The number of aliphatic hydroxyl groups excluding tert-OH is 1. The van der Waals surface area contributed by atoms with Gasteiger partial charge < -0.3 is 15.3 Å². The minimum Gasteiger partial charge on any atom is -0.506 e. The summed E-state index contributed by atoms with van der Waals surface area (Å²) in [4.78, 5) is 37.7. The monoisotopic (exact) mass is 458 g/mol. The largest absolute Gasteiger partial charge is 0.506 e. The molecule has 5 rings (SSSR count). The van der Waals surface area contributed by atoms with E-state index >= 15 is 0 Å². The first-order chi connectivity index (χ1) is 16.3. The van der Waals surface area contributed by atoms with Gasteiger partial charge in [0, 0.05) is 11.1 Å². The molecule has 0 aromatic heterocycles. The molecule has 2 atom stereocenters. The predicted molar refractivity (Wildman–Crippen MR) is 127 cm³/mol. The van der Waals surface area contributed by atoms with E-state index < -0.39 is 11.9 Å². The van der Waals surface area contributed by atoms with Crippen LogP contribution in [-0.2, 0) is 9.59 Å². The molecule has 6 heteroatoms. The number of allylic oxidation sites excluding steroid dienone is 4. The van der Waals surface area contributed by atoms with Gasteiger partial charge in [0.2, 0.25) is 5.78 Å². The summed E-state index contributed by atoms with van der Waals surface area (Å²) in [7, 11) is 0. The number of carbonyl (C=O) groups is 3. The number of ketones is 1. The third-order valence-electron chi connectivity index (χ3n) is 7.78. The molecule has 2 unspecified atom stereocenters. The third kappa shape index (κ3) is 2.98. The van der Waals surface area contributed by atoms with Crippen molar-refractivity contribution in [3.05, 3.63) is 75.1 Å². The second-order valence-electron chi connectivity index (χ2n) is 9.45. The summed E-state index contributed by atoms with van der Waals surface area (Å²) >= 11 is 0. The highest BCUT2D eigenvalue weighted by molar-refractivity contribution is 6.41. The number of fused-ring (bicyclic) bond motifs is 2. The average molecular weight is 459 g/mol. The lowest BCUT2D eigenvalue weighted by Crippen LogP contribution is -2.26. The van der Waals surface area contributed by atoms with E-state index in [-0.39, 0.29) is 40.1 Å². The van der Waals surface area contributed by atoms with Gasteiger partial charge in [0.25, 0.3) is 0 Å². The molecule has 0 aliphatic heterocycles. The van der Waals surface area contributed by atoms with Gasteiger partial charge in [-0.25, -0.2) is 9.59 Å². The summed E-state index contributed by atoms with van der Waals surface area (Å²) in [5.74, 6) is -2.80. The molecule has 0 saturated heterocycles. The molecule has 1 fully saturated rings. The molecule has 3 N–H and O–H groups in total. The molecule has 1 saturated carbocycles. The number of carboxylic acid groups (broad SMARTS) is 2. The molecule has 0 spiro atoms. The lowest BCUT2D eigenvalue weighted by molar-refractivity contribution is -0.133. The van der Waals surface area contributed by atoms with Crippen molar-refractivity contribution in [1.82, 2.24) is 0 Å². The Bertz CT molecular complexity index is 1340. The van der Waals surface area contributed by atoms with Crippen molar-refractivity contribution in [2.45, 2.75) is 46.0 Å². The Morgan fingerprint density at radius 2 is 1.50 bits per heavy atom. The van der Waals surface area contributed by atoms with Crippen LogP contribution in [0.15, 0.2) is 58.4 Å². The maximum absolute atomic E-state index is 13.6. The van der Waals surface area contributed by atoms with Crippen LogP contribution in [0.2, 0.25) is 0 Å². The number of aliphatic hydroxyl groups is 1. The summed E-state index contributed by atoms with van der Waals surface area (Å²) < 4.78 is 0. The Morgan fingerprint density at radius 3 is 2.12 bits per heavy atom. The first-order valence-electron chi connectivity index (χ1n) is 11.7. The summed E-state index contributed by atoms with van der Waals surface area (Å²) in [6.45, 7) is 3.40. The maximum Gasteiger partial charge on any atom is 0.336 e. The SMILES string of the molecule is CC1=C(C(=O)O)C2CCCCCC2C1=C1C(=O)C(c2c3cccccc-3c(C(=O)O)c2C)=C1O. The van der Waals surface area contributed by atoms with Gasteiger partial charge in [-0.15, -0.1) is 0 Å². The van der Waals surface area contributed by atoms with Gasteiger partial charge in [-0.1, -0.05) is 49.6 Å². The lowest BCUT2D eigenvalue weighted by atomic mass is 9.74. The minimum atomic E-state index is -1.09. The number of carbonyl (C=O) groups excluding carboxylic acids is 1. The Kier molecular flexibility index (Phi) is 5.19. The van der Waals surface area contributed by atoms with Crippen LogP contribution in [0, 0.1) is 18.8 Å². The smallest absolute Gasteiger partial charge is 0.336 e. The zero-order chi connectivity index (χ0) is 24.3. The normalized spacial score (nSPS) is 24.8. The fourth-order valence-electron chi connectivity index (χ4n) is 6.39. The average Bonchev–Trinajstić information content (AvgIpc) is 3.01. The van der Waals surface area contributed by atoms with E-state index in [1.54, 1.807) is 44.2 Å². The summed E-state index contributed by atoms with van der Waals surface area (Å²) in [5.41, 5.74) is 4.01. The predicted octanol–water partition coefficient (Wildman–Crippen LogP) is 5.56. The van der Waals surface area contributed by atoms with Crippen molar-refractivity contribution in [3.8, 4) is 11.1 Å². The molecular weight excluding hydrogens is 432 g/mol. The van der Waals surface area contributed by atoms with E-state index in [0.717, 1.165) is 32.1 Å². The number of hydrogen-bond acceptors (Lipinski definition) is 4. The van der Waals surface area contributed by atoms with Crippen LogP contribution in [0.25, 0.3) is 16.7 Å². The standard InChI is InChI=1S/C28H26O6/c1-13-19(15-9-5-3-7-11-17(15)21(13)27(31)32)23-25(29)24(26(23)30)20-14(2)22(28(33)34)18-12-8-4-6-10-16(18)20/h3,5,7,9,11,16,18,29H,4,6,8,10,12H2,1-2H3,(H,31,32)(H,33,34). The second-order valence-corrected chi connectivity index (χ2v) is 9.45. The molecule has 0 amide bonds. The van der Waals surface area contributed by atoms with Gasteiger partial charge in [-0.3, -0.25) is 4.79 Å².